The van der Waals surface area contributed by atoms with Crippen LogP contribution in [-0.2, 0) is 30.3 Å². The number of carbonyl (C=O) groups excluding carboxylic acids is 3. The van der Waals surface area contributed by atoms with E-state index in [1.54, 1.807) is 32.6 Å². The van der Waals surface area contributed by atoms with Crippen LogP contribution in [0.2, 0.25) is 0 Å². The Morgan fingerprint density at radius 2 is 1.25 bits per heavy atom. The minimum atomic E-state index is -0.367. The van der Waals surface area contributed by atoms with E-state index in [4.69, 9.17) is 38.4 Å². The van der Waals surface area contributed by atoms with E-state index in [-0.39, 0.29) is 12.4 Å². The molecular weight excluding hydrogens is 861 g/mol. The highest BCUT2D eigenvalue weighted by Gasteiger charge is 2.18. The number of aldehydes is 2. The summed E-state index contributed by atoms with van der Waals surface area (Å²) >= 11 is 0. The number of methoxy groups -OCH3 is 2. The number of carbonyl (C=O) groups is 4. The van der Waals surface area contributed by atoms with E-state index in [1.165, 1.54) is 40.8 Å². The summed E-state index contributed by atoms with van der Waals surface area (Å²) in [5.74, 6) is 2.03. The van der Waals surface area contributed by atoms with Gasteiger partial charge in [0.05, 0.1) is 38.9 Å². The number of hydrogen-bond donors (Lipinski definition) is 1. The molecular formula is C56H64N2O10. The fourth-order valence-corrected chi connectivity index (χ4v) is 6.88. The van der Waals surface area contributed by atoms with Crippen molar-refractivity contribution in [1.82, 2.24) is 0 Å². The highest BCUT2D eigenvalue weighted by atomic mass is 16.5. The van der Waals surface area contributed by atoms with Gasteiger partial charge in [-0.05, 0) is 158 Å². The molecule has 0 bridgehead atoms. The number of nitrogens with zero attached hydrogens (tertiary/aromatic N) is 2. The normalized spacial score (nSPS) is 10.8. The van der Waals surface area contributed by atoms with Crippen LogP contribution in [0.1, 0.15) is 90.9 Å². The first-order chi connectivity index (χ1) is 33.2. The molecule has 6 rings (SSSR count). The van der Waals surface area contributed by atoms with E-state index in [0.717, 1.165) is 116 Å². The van der Waals surface area contributed by atoms with Crippen molar-refractivity contribution in [3.05, 3.63) is 162 Å². The van der Waals surface area contributed by atoms with Crippen molar-refractivity contribution in [2.75, 3.05) is 40.6 Å². The zero-order valence-electron chi connectivity index (χ0n) is 39.5. The first-order valence-corrected chi connectivity index (χ1v) is 22.6. The largest absolute Gasteiger partial charge is 0.496 e. The standard InChI is InChI=1S/C38H38N2O4.C14H20O3.C3H4O.CH2O2/c1-4-38(41)44-22-10-6-5-9-21-43-34-17-13-28(14-18-34)30-16-20-37(42-3)33(24-30)26-39-40-27(2)29-15-19-36-32(23-29)25-31-11-7-8-12-35(31)36;1-16-10-4-2-3-5-11-17-14-8-6-13(12-15)7-9-14;1-2-3-4;2-1-3/h4,7-8,11-20,23-24,26H,1,5-6,9-10,21-22,25H2,2-3H3;6-9,12H,2-5,10-11H2,1H3;2-3H,1H2;1H,(H,2,3)/b39-26+,40-27+;;;. The van der Waals surface area contributed by atoms with Crippen LogP contribution in [0, 0.1) is 0 Å². The number of benzene rings is 5. The van der Waals surface area contributed by atoms with Gasteiger partial charge in [0, 0.05) is 30.9 Å². The summed E-state index contributed by atoms with van der Waals surface area (Å²) in [7, 11) is 3.39. The van der Waals surface area contributed by atoms with Gasteiger partial charge < -0.3 is 28.8 Å². The van der Waals surface area contributed by atoms with E-state index in [2.05, 4.69) is 84.0 Å². The van der Waals surface area contributed by atoms with Crippen LogP contribution in [0.5, 0.6) is 17.2 Å². The van der Waals surface area contributed by atoms with Crippen molar-refractivity contribution in [2.24, 2.45) is 10.2 Å². The molecule has 0 radical (unpaired) electrons. The topological polar surface area (TPSA) is 159 Å². The summed E-state index contributed by atoms with van der Waals surface area (Å²) in [6.07, 6.45) is 14.9. The first-order valence-electron chi connectivity index (χ1n) is 22.6. The van der Waals surface area contributed by atoms with E-state index in [1.807, 2.05) is 43.3 Å². The smallest absolute Gasteiger partial charge is 0.330 e. The van der Waals surface area contributed by atoms with Gasteiger partial charge in [0.1, 0.15) is 29.8 Å². The molecule has 1 aliphatic rings. The lowest BCUT2D eigenvalue weighted by atomic mass is 10.0. The van der Waals surface area contributed by atoms with Gasteiger partial charge in [0.15, 0.2) is 0 Å². The summed E-state index contributed by atoms with van der Waals surface area (Å²) in [5.41, 5.74) is 10.9. The van der Waals surface area contributed by atoms with Crippen LogP contribution in [0.15, 0.2) is 145 Å². The molecule has 12 heteroatoms. The quantitative estimate of drug-likeness (QED) is 0.0155. The molecule has 5 aromatic carbocycles. The SMILES string of the molecule is C=CC(=O)OCCCCCCOc1ccc(-c2ccc(OC)c(/C=N/N=C(\C)c3ccc4c(c3)Cc3ccccc3-4)c2)cc1.C=CC=O.COCCCCCCOc1ccc(C=O)cc1.O=CO. The molecule has 1 N–H and O–H groups in total. The molecule has 358 valence electrons. The van der Waals surface area contributed by atoms with Gasteiger partial charge in [-0.3, -0.25) is 14.4 Å². The predicted molar refractivity (Wildman–Crippen MR) is 271 cm³/mol. The average molecular weight is 925 g/mol. The van der Waals surface area contributed by atoms with Crippen molar-refractivity contribution >= 4 is 36.9 Å². The zero-order chi connectivity index (χ0) is 49.2. The van der Waals surface area contributed by atoms with Gasteiger partial charge in [0.2, 0.25) is 0 Å². The van der Waals surface area contributed by atoms with Gasteiger partial charge in [-0.25, -0.2) is 4.79 Å². The number of hydrogen-bond acceptors (Lipinski definition) is 11. The third-order valence-electron chi connectivity index (χ3n) is 10.4. The van der Waals surface area contributed by atoms with Crippen molar-refractivity contribution in [2.45, 2.75) is 64.7 Å². The van der Waals surface area contributed by atoms with E-state index in [0.29, 0.717) is 25.1 Å². The van der Waals surface area contributed by atoms with Crippen molar-refractivity contribution < 1.29 is 48.0 Å². The minimum Gasteiger partial charge on any atom is -0.496 e. The molecule has 0 saturated heterocycles. The summed E-state index contributed by atoms with van der Waals surface area (Å²) in [4.78, 5) is 38.9. The van der Waals surface area contributed by atoms with Crippen LogP contribution >= 0.6 is 0 Å². The van der Waals surface area contributed by atoms with Crippen molar-refractivity contribution in [3.8, 4) is 39.5 Å². The maximum atomic E-state index is 11.0. The van der Waals surface area contributed by atoms with Crippen molar-refractivity contribution in [3.63, 3.8) is 0 Å². The maximum Gasteiger partial charge on any atom is 0.330 e. The number of unbranched alkanes of at least 4 members (excludes halogenated alkanes) is 6. The van der Waals surface area contributed by atoms with Gasteiger partial charge >= 0.3 is 5.97 Å². The molecule has 12 nitrogen and oxygen atoms in total. The highest BCUT2D eigenvalue weighted by molar-refractivity contribution is 6.00. The Balaban J connectivity index is 0.000000422. The van der Waals surface area contributed by atoms with Gasteiger partial charge in [-0.15, -0.1) is 0 Å². The minimum absolute atomic E-state index is 0.250. The molecule has 5 aromatic rings. The highest BCUT2D eigenvalue weighted by Crippen LogP contribution is 2.37. The molecule has 0 spiro atoms. The number of esters is 1. The first kappa shape index (κ1) is 54.9. The second kappa shape index (κ2) is 33.1. The number of carboxylic acid groups (broad SMARTS) is 1. The third kappa shape index (κ3) is 20.0. The summed E-state index contributed by atoms with van der Waals surface area (Å²) in [5, 5.41) is 15.8. The molecule has 1 aliphatic carbocycles. The Morgan fingerprint density at radius 1 is 0.676 bits per heavy atom. The van der Waals surface area contributed by atoms with Crippen LogP contribution < -0.4 is 14.2 Å². The Labute approximate surface area is 401 Å². The van der Waals surface area contributed by atoms with E-state index in [9.17, 15) is 9.59 Å². The monoisotopic (exact) mass is 924 g/mol. The van der Waals surface area contributed by atoms with Crippen LogP contribution in [0.25, 0.3) is 22.3 Å². The fraction of sp³-hybridized carbons (Fsp3) is 0.286. The summed E-state index contributed by atoms with van der Waals surface area (Å²) in [6, 6.07) is 36.4. The van der Waals surface area contributed by atoms with Gasteiger partial charge in [0.25, 0.3) is 6.47 Å². The van der Waals surface area contributed by atoms with E-state index < -0.39 is 0 Å². The Hall–Kier alpha value is -7.44. The zero-order valence-corrected chi connectivity index (χ0v) is 39.5. The molecule has 0 aliphatic heterocycles. The number of rotatable bonds is 24. The average Bonchev–Trinajstić information content (AvgIpc) is 3.75. The van der Waals surface area contributed by atoms with Crippen molar-refractivity contribution in [1.29, 1.82) is 0 Å². The lowest BCUT2D eigenvalue weighted by Crippen LogP contribution is -2.02. The lowest BCUT2D eigenvalue weighted by Gasteiger charge is -2.10. The fourth-order valence-electron chi connectivity index (χ4n) is 6.88. The molecule has 0 aromatic heterocycles. The Morgan fingerprint density at radius 3 is 1.84 bits per heavy atom. The second-order valence-corrected chi connectivity index (χ2v) is 15.2. The molecule has 0 unspecified atom stereocenters. The van der Waals surface area contributed by atoms with E-state index >= 15 is 0 Å². The summed E-state index contributed by atoms with van der Waals surface area (Å²) < 4.78 is 27.0. The van der Waals surface area contributed by atoms with Crippen LogP contribution in [0.4, 0.5) is 0 Å². The number of allylic oxidation sites excluding steroid dienone is 1. The summed E-state index contributed by atoms with van der Waals surface area (Å²) in [6.45, 7) is 10.9. The van der Waals surface area contributed by atoms with Crippen LogP contribution in [0.3, 0.4) is 0 Å². The predicted octanol–water partition coefficient (Wildman–Crippen LogP) is 11.6. The number of fused-ring (bicyclic) bond motifs is 3. The van der Waals surface area contributed by atoms with Gasteiger partial charge in [-0.2, -0.15) is 10.2 Å². The third-order valence-corrected chi connectivity index (χ3v) is 10.4. The van der Waals surface area contributed by atoms with Crippen LogP contribution in [-0.4, -0.2) is 82.7 Å². The lowest BCUT2D eigenvalue weighted by molar-refractivity contribution is -0.137. The molecule has 0 amide bonds. The number of ether oxygens (including phenoxy) is 5. The Kier molecular flexibility index (Phi) is 26.7. The molecule has 0 atom stereocenters. The molecule has 68 heavy (non-hydrogen) atoms. The maximum absolute atomic E-state index is 11.0. The Bertz CT molecular complexity index is 2370. The molecule has 0 heterocycles. The van der Waals surface area contributed by atoms with Gasteiger partial charge in [-0.1, -0.05) is 74.2 Å². The molecule has 0 saturated carbocycles. The second-order valence-electron chi connectivity index (χ2n) is 15.2. The molecule has 0 fully saturated rings.